The Hall–Kier alpha value is -4.01. The number of nitrogens with one attached hydrogen (secondary N) is 1. The number of likely N-dealkylation sites (tertiary alicyclic amines) is 1. The minimum Gasteiger partial charge on any atom is -0.356 e. The molecule has 0 saturated carbocycles. The van der Waals surface area contributed by atoms with E-state index in [1.807, 2.05) is 63.9 Å². The molecule has 0 unspecified atom stereocenters. The Morgan fingerprint density at radius 2 is 1.75 bits per heavy atom. The van der Waals surface area contributed by atoms with E-state index in [1.54, 1.807) is 4.57 Å². The minimum atomic E-state index is -0.0952. The van der Waals surface area contributed by atoms with Gasteiger partial charge in [0.25, 0.3) is 5.56 Å². The lowest BCUT2D eigenvalue weighted by Gasteiger charge is -2.15. The van der Waals surface area contributed by atoms with Gasteiger partial charge in [-0.05, 0) is 37.0 Å². The van der Waals surface area contributed by atoms with Gasteiger partial charge in [-0.3, -0.25) is 23.4 Å². The predicted octanol–water partition coefficient (Wildman–Crippen LogP) is 2.35. The molecule has 1 saturated heterocycles. The van der Waals surface area contributed by atoms with Crippen LogP contribution in [-0.2, 0) is 29.0 Å². The van der Waals surface area contributed by atoms with Crippen molar-refractivity contribution < 1.29 is 9.59 Å². The summed E-state index contributed by atoms with van der Waals surface area (Å²) in [6, 6.07) is 17.5. The molecule has 0 radical (unpaired) electrons. The van der Waals surface area contributed by atoms with Crippen molar-refractivity contribution in [1.29, 1.82) is 0 Å². The van der Waals surface area contributed by atoms with Gasteiger partial charge in [0.1, 0.15) is 5.82 Å². The summed E-state index contributed by atoms with van der Waals surface area (Å²) in [5, 5.41) is 12.2. The molecule has 9 nitrogen and oxygen atoms in total. The normalized spacial score (nSPS) is 13.7. The highest BCUT2D eigenvalue weighted by Gasteiger charge is 2.19. The summed E-state index contributed by atoms with van der Waals surface area (Å²) in [6.07, 6.45) is 3.66. The quantitative estimate of drug-likeness (QED) is 0.347. The molecule has 186 valence electrons. The molecule has 0 atom stereocenters. The van der Waals surface area contributed by atoms with Gasteiger partial charge in [0.05, 0.1) is 10.9 Å². The lowest BCUT2D eigenvalue weighted by molar-refractivity contribution is -0.127. The Kier molecular flexibility index (Phi) is 7.06. The number of aromatic nitrogens is 4. The number of aryl methyl sites for hydroxylation is 3. The first-order chi connectivity index (χ1) is 17.6. The van der Waals surface area contributed by atoms with Gasteiger partial charge in [0.2, 0.25) is 17.6 Å². The SMILES string of the molecule is O=C(CCc1nnc2n(CCc3ccccc3)c(=O)c3ccccc3n12)NCCCN1CCCC1=O. The van der Waals surface area contributed by atoms with Crippen molar-refractivity contribution in [2.45, 2.75) is 45.1 Å². The van der Waals surface area contributed by atoms with E-state index in [-0.39, 0.29) is 23.8 Å². The fourth-order valence-electron chi connectivity index (χ4n) is 4.82. The van der Waals surface area contributed by atoms with Crippen LogP contribution in [0, 0.1) is 0 Å². The van der Waals surface area contributed by atoms with Crippen LogP contribution in [0.2, 0.25) is 0 Å². The summed E-state index contributed by atoms with van der Waals surface area (Å²) >= 11 is 0. The predicted molar refractivity (Wildman–Crippen MR) is 137 cm³/mol. The van der Waals surface area contributed by atoms with Gasteiger partial charge >= 0.3 is 0 Å². The first kappa shape index (κ1) is 23.7. The molecule has 0 aliphatic carbocycles. The molecule has 1 N–H and O–H groups in total. The van der Waals surface area contributed by atoms with E-state index in [0.717, 1.165) is 30.5 Å². The number of carbonyl (C=O) groups excluding carboxylic acids is 2. The molecule has 2 amide bonds. The molecule has 2 aromatic carbocycles. The number of hydrogen-bond donors (Lipinski definition) is 1. The average Bonchev–Trinajstić information content (AvgIpc) is 3.52. The Labute approximate surface area is 208 Å². The van der Waals surface area contributed by atoms with E-state index in [1.165, 1.54) is 0 Å². The molecule has 1 aliphatic heterocycles. The molecule has 1 fully saturated rings. The number of amides is 2. The zero-order valence-electron chi connectivity index (χ0n) is 20.2. The Morgan fingerprint density at radius 3 is 2.56 bits per heavy atom. The lowest BCUT2D eigenvalue weighted by Crippen LogP contribution is -2.30. The van der Waals surface area contributed by atoms with Gasteiger partial charge in [-0.25, -0.2) is 0 Å². The average molecular weight is 487 g/mol. The highest BCUT2D eigenvalue weighted by molar-refractivity contribution is 5.81. The van der Waals surface area contributed by atoms with Gasteiger partial charge in [-0.1, -0.05) is 42.5 Å². The third kappa shape index (κ3) is 5.00. The second-order valence-electron chi connectivity index (χ2n) is 9.15. The smallest absolute Gasteiger partial charge is 0.262 e. The molecule has 9 heteroatoms. The van der Waals surface area contributed by atoms with Crippen LogP contribution in [0.3, 0.4) is 0 Å². The maximum Gasteiger partial charge on any atom is 0.262 e. The third-order valence-corrected chi connectivity index (χ3v) is 6.72. The van der Waals surface area contributed by atoms with Gasteiger partial charge in [0.15, 0.2) is 0 Å². The standard InChI is InChI=1S/C27H30N6O3/c34-24(28-16-7-18-31-17-6-12-25(31)35)14-13-23-29-30-27-32(19-15-20-8-2-1-3-9-20)26(36)21-10-4-5-11-22(21)33(23)27/h1-5,8-11H,6-7,12-19H2,(H,28,34). The Bertz CT molecular complexity index is 1440. The van der Waals surface area contributed by atoms with E-state index >= 15 is 0 Å². The summed E-state index contributed by atoms with van der Waals surface area (Å²) in [4.78, 5) is 39.3. The molecular formula is C27H30N6O3. The van der Waals surface area contributed by atoms with E-state index in [9.17, 15) is 14.4 Å². The van der Waals surface area contributed by atoms with Crippen LogP contribution in [-0.4, -0.2) is 55.5 Å². The molecule has 1 aliphatic rings. The molecule has 0 bridgehead atoms. The van der Waals surface area contributed by atoms with Crippen molar-refractivity contribution in [3.8, 4) is 0 Å². The van der Waals surface area contributed by atoms with Crippen molar-refractivity contribution in [2.24, 2.45) is 0 Å². The maximum atomic E-state index is 13.3. The van der Waals surface area contributed by atoms with E-state index in [0.29, 0.717) is 55.9 Å². The fraction of sp³-hybridized carbons (Fsp3) is 0.370. The topological polar surface area (TPSA) is 102 Å². The van der Waals surface area contributed by atoms with Crippen LogP contribution in [0.5, 0.6) is 0 Å². The minimum absolute atomic E-state index is 0.0683. The van der Waals surface area contributed by atoms with Gasteiger partial charge in [-0.2, -0.15) is 0 Å². The zero-order chi connectivity index (χ0) is 24.9. The van der Waals surface area contributed by atoms with E-state index in [2.05, 4.69) is 15.5 Å². The van der Waals surface area contributed by atoms with Crippen molar-refractivity contribution in [3.05, 3.63) is 76.3 Å². The lowest BCUT2D eigenvalue weighted by atomic mass is 10.1. The number of benzene rings is 2. The monoisotopic (exact) mass is 486 g/mol. The van der Waals surface area contributed by atoms with Crippen LogP contribution in [0.1, 0.15) is 37.1 Å². The van der Waals surface area contributed by atoms with Crippen molar-refractivity contribution >= 4 is 28.5 Å². The Morgan fingerprint density at radius 1 is 0.944 bits per heavy atom. The number of rotatable bonds is 10. The summed E-state index contributed by atoms with van der Waals surface area (Å²) in [5.41, 5.74) is 1.78. The highest BCUT2D eigenvalue weighted by Crippen LogP contribution is 2.16. The number of fused-ring (bicyclic) bond motifs is 3. The van der Waals surface area contributed by atoms with Crippen LogP contribution in [0.4, 0.5) is 0 Å². The molecule has 3 heterocycles. The summed E-state index contributed by atoms with van der Waals surface area (Å²) in [7, 11) is 0. The van der Waals surface area contributed by atoms with Crippen molar-refractivity contribution in [2.75, 3.05) is 19.6 Å². The fourth-order valence-corrected chi connectivity index (χ4v) is 4.82. The molecule has 5 rings (SSSR count). The van der Waals surface area contributed by atoms with Gasteiger partial charge < -0.3 is 10.2 Å². The van der Waals surface area contributed by atoms with Crippen LogP contribution in [0.25, 0.3) is 16.7 Å². The second-order valence-corrected chi connectivity index (χ2v) is 9.15. The van der Waals surface area contributed by atoms with Crippen LogP contribution in [0.15, 0.2) is 59.4 Å². The summed E-state index contributed by atoms with van der Waals surface area (Å²) < 4.78 is 3.57. The van der Waals surface area contributed by atoms with Crippen molar-refractivity contribution in [1.82, 2.24) is 29.4 Å². The molecule has 4 aromatic rings. The summed E-state index contributed by atoms with van der Waals surface area (Å²) in [6.45, 7) is 2.51. The first-order valence-electron chi connectivity index (χ1n) is 12.6. The van der Waals surface area contributed by atoms with E-state index in [4.69, 9.17) is 0 Å². The first-order valence-corrected chi connectivity index (χ1v) is 12.6. The number of para-hydroxylation sites is 1. The second kappa shape index (κ2) is 10.7. The van der Waals surface area contributed by atoms with Crippen LogP contribution < -0.4 is 10.9 Å². The third-order valence-electron chi connectivity index (χ3n) is 6.72. The summed E-state index contributed by atoms with van der Waals surface area (Å²) in [5.74, 6) is 1.27. The van der Waals surface area contributed by atoms with E-state index < -0.39 is 0 Å². The highest BCUT2D eigenvalue weighted by atomic mass is 16.2. The number of carbonyl (C=O) groups is 2. The molecule has 2 aromatic heterocycles. The molecule has 36 heavy (non-hydrogen) atoms. The maximum absolute atomic E-state index is 13.3. The number of hydrogen-bond acceptors (Lipinski definition) is 5. The largest absolute Gasteiger partial charge is 0.356 e. The van der Waals surface area contributed by atoms with Crippen molar-refractivity contribution in [3.63, 3.8) is 0 Å². The van der Waals surface area contributed by atoms with Crippen LogP contribution >= 0.6 is 0 Å². The molecule has 0 spiro atoms. The Balaban J connectivity index is 1.29. The zero-order valence-corrected chi connectivity index (χ0v) is 20.2. The molecular weight excluding hydrogens is 456 g/mol. The van der Waals surface area contributed by atoms with Gasteiger partial charge in [-0.15, -0.1) is 10.2 Å². The number of nitrogens with zero attached hydrogens (tertiary/aromatic N) is 5. The van der Waals surface area contributed by atoms with Gasteiger partial charge in [0, 0.05) is 45.4 Å².